The summed E-state index contributed by atoms with van der Waals surface area (Å²) in [5.74, 6) is 0. The van der Waals surface area contributed by atoms with Gasteiger partial charge in [0.05, 0.1) is 12.1 Å². The lowest BCUT2D eigenvalue weighted by molar-refractivity contribution is 0.131. The number of oxime groups is 2. The van der Waals surface area contributed by atoms with Gasteiger partial charge in [-0.05, 0) is 25.5 Å². The fourth-order valence-electron chi connectivity index (χ4n) is 0.751. The van der Waals surface area contributed by atoms with Crippen LogP contribution in [0.15, 0.2) is 22.3 Å². The van der Waals surface area contributed by atoms with Gasteiger partial charge in [0, 0.05) is 14.1 Å². The number of hydrogen-bond acceptors (Lipinski definition) is 9. The molecule has 0 spiro atoms. The van der Waals surface area contributed by atoms with Crippen molar-refractivity contribution in [2.24, 2.45) is 10.3 Å². The number of rotatable bonds is 5. The SMILES string of the molecule is C=CS/C(C)=N/OC(=O)N(C)SN(C)C(=O)O/N=C(\C)SC. The van der Waals surface area contributed by atoms with Crippen molar-refractivity contribution in [2.75, 3.05) is 20.4 Å². The molecule has 0 aliphatic carbocycles. The molecule has 0 aromatic carbocycles. The molecule has 22 heavy (non-hydrogen) atoms. The van der Waals surface area contributed by atoms with Crippen LogP contribution in [0.25, 0.3) is 0 Å². The van der Waals surface area contributed by atoms with Gasteiger partial charge >= 0.3 is 12.2 Å². The third kappa shape index (κ3) is 8.85. The van der Waals surface area contributed by atoms with Crippen LogP contribution < -0.4 is 0 Å². The summed E-state index contributed by atoms with van der Waals surface area (Å²) in [5.41, 5.74) is 0. The molecule has 0 saturated carbocycles. The maximum atomic E-state index is 11.7. The van der Waals surface area contributed by atoms with E-state index in [0.29, 0.717) is 10.1 Å². The van der Waals surface area contributed by atoms with Gasteiger partial charge in [-0.3, -0.25) is 9.68 Å². The van der Waals surface area contributed by atoms with Crippen molar-refractivity contribution in [2.45, 2.75) is 13.8 Å². The molecule has 0 rings (SSSR count). The van der Waals surface area contributed by atoms with E-state index < -0.39 is 12.2 Å². The van der Waals surface area contributed by atoms with Gasteiger partial charge in [-0.25, -0.2) is 18.2 Å². The van der Waals surface area contributed by atoms with Gasteiger partial charge in [-0.2, -0.15) is 0 Å². The van der Waals surface area contributed by atoms with Gasteiger partial charge in [0.25, 0.3) is 0 Å². The van der Waals surface area contributed by atoms with E-state index in [1.54, 1.807) is 19.3 Å². The Balaban J connectivity index is 4.36. The topological polar surface area (TPSA) is 83.8 Å². The fraction of sp³-hybridized carbons (Fsp3) is 0.455. The molecule has 0 N–H and O–H groups in total. The maximum absolute atomic E-state index is 11.7. The Hall–Kier alpha value is -1.33. The van der Waals surface area contributed by atoms with E-state index in [1.807, 2.05) is 6.26 Å². The highest BCUT2D eigenvalue weighted by Gasteiger charge is 2.19. The molecule has 2 amide bonds. The molecular weight excluding hydrogens is 348 g/mol. The largest absolute Gasteiger partial charge is 0.447 e. The van der Waals surface area contributed by atoms with Crippen molar-refractivity contribution < 1.29 is 19.3 Å². The first-order chi connectivity index (χ1) is 10.3. The van der Waals surface area contributed by atoms with Gasteiger partial charge in [0.2, 0.25) is 0 Å². The zero-order chi connectivity index (χ0) is 17.1. The van der Waals surface area contributed by atoms with Crippen LogP contribution in [0, 0.1) is 0 Å². The summed E-state index contributed by atoms with van der Waals surface area (Å²) >= 11 is 3.36. The Bertz CT molecular complexity index is 470. The first kappa shape index (κ1) is 20.7. The lowest BCUT2D eigenvalue weighted by Gasteiger charge is -2.19. The van der Waals surface area contributed by atoms with E-state index >= 15 is 0 Å². The van der Waals surface area contributed by atoms with E-state index in [4.69, 9.17) is 4.84 Å². The number of carbonyl (C=O) groups is 2. The number of hydrogen-bond donors (Lipinski definition) is 0. The average molecular weight is 366 g/mol. The molecular formula is C11H18N4O4S3. The van der Waals surface area contributed by atoms with Crippen molar-refractivity contribution in [3.8, 4) is 0 Å². The third-order valence-electron chi connectivity index (χ3n) is 1.81. The lowest BCUT2D eigenvalue weighted by Crippen LogP contribution is -2.28. The molecule has 0 aromatic heterocycles. The summed E-state index contributed by atoms with van der Waals surface area (Å²) in [6.45, 7) is 6.89. The highest BCUT2D eigenvalue weighted by Crippen LogP contribution is 2.15. The number of nitrogens with zero attached hydrogens (tertiary/aromatic N) is 4. The van der Waals surface area contributed by atoms with Crippen LogP contribution >= 0.6 is 35.7 Å². The molecule has 0 atom stereocenters. The van der Waals surface area contributed by atoms with E-state index in [1.165, 1.54) is 37.6 Å². The van der Waals surface area contributed by atoms with Crippen molar-refractivity contribution in [3.63, 3.8) is 0 Å². The zero-order valence-corrected chi connectivity index (χ0v) is 15.4. The Morgan fingerprint density at radius 1 is 1.05 bits per heavy atom. The molecule has 11 heteroatoms. The summed E-state index contributed by atoms with van der Waals surface area (Å²) < 4.78 is 2.18. The predicted octanol–water partition coefficient (Wildman–Crippen LogP) is 3.59. The Labute approximate surface area is 142 Å². The van der Waals surface area contributed by atoms with Crippen molar-refractivity contribution >= 4 is 57.9 Å². The van der Waals surface area contributed by atoms with E-state index in [9.17, 15) is 9.59 Å². The summed E-state index contributed by atoms with van der Waals surface area (Å²) in [4.78, 5) is 32.6. The summed E-state index contributed by atoms with van der Waals surface area (Å²) in [6, 6.07) is 0. The molecule has 124 valence electrons. The molecule has 0 aliphatic rings. The first-order valence-electron chi connectivity index (χ1n) is 5.80. The van der Waals surface area contributed by atoms with Crippen LogP contribution in [0.3, 0.4) is 0 Å². The maximum Gasteiger partial charge on any atom is 0.447 e. The van der Waals surface area contributed by atoms with Crippen LogP contribution in [-0.2, 0) is 9.68 Å². The van der Waals surface area contributed by atoms with Crippen LogP contribution in [0.1, 0.15) is 13.8 Å². The van der Waals surface area contributed by atoms with Crippen LogP contribution in [0.5, 0.6) is 0 Å². The minimum absolute atomic E-state index is 0.524. The zero-order valence-electron chi connectivity index (χ0n) is 12.9. The second-order valence-corrected chi connectivity index (χ2v) is 6.92. The second-order valence-electron chi connectivity index (χ2n) is 3.50. The Kier molecular flexibility index (Phi) is 10.6. The molecule has 8 nitrogen and oxygen atoms in total. The lowest BCUT2D eigenvalue weighted by atomic mass is 10.9. The van der Waals surface area contributed by atoms with Crippen LogP contribution in [0.4, 0.5) is 9.59 Å². The van der Waals surface area contributed by atoms with E-state index in [2.05, 4.69) is 21.7 Å². The molecule has 0 heterocycles. The number of thioether (sulfide) groups is 2. The van der Waals surface area contributed by atoms with Crippen LogP contribution in [0.2, 0.25) is 0 Å². The summed E-state index contributed by atoms with van der Waals surface area (Å²) in [5, 5.41) is 9.89. The van der Waals surface area contributed by atoms with Crippen molar-refractivity contribution in [3.05, 3.63) is 12.0 Å². The molecule has 0 fully saturated rings. The normalized spacial score (nSPS) is 11.7. The van der Waals surface area contributed by atoms with Gasteiger partial charge in [-0.15, -0.1) is 11.8 Å². The molecule has 0 aliphatic heterocycles. The Morgan fingerprint density at radius 3 is 1.91 bits per heavy atom. The van der Waals surface area contributed by atoms with Gasteiger partial charge in [-0.1, -0.05) is 28.7 Å². The monoisotopic (exact) mass is 366 g/mol. The Morgan fingerprint density at radius 2 is 1.50 bits per heavy atom. The van der Waals surface area contributed by atoms with Crippen LogP contribution in [-0.4, -0.2) is 51.2 Å². The first-order valence-corrected chi connectivity index (χ1v) is 8.63. The molecule has 0 aromatic rings. The smallest absolute Gasteiger partial charge is 0.296 e. The minimum atomic E-state index is -0.738. The van der Waals surface area contributed by atoms with E-state index in [-0.39, 0.29) is 0 Å². The molecule has 0 saturated heterocycles. The standard InChI is InChI=1S/C11H18N4O4S3/c1-7-21-9(3)13-19-11(17)15(5)22-14(4)10(16)18-12-8(2)20-6/h7H,1H2,2-6H3/b12-8+,13-9+. The summed E-state index contributed by atoms with van der Waals surface area (Å²) in [7, 11) is 2.86. The second kappa shape index (κ2) is 11.3. The fourth-order valence-corrected chi connectivity index (χ4v) is 1.75. The van der Waals surface area contributed by atoms with Gasteiger partial charge in [0.1, 0.15) is 10.1 Å². The minimum Gasteiger partial charge on any atom is -0.296 e. The molecule has 0 radical (unpaired) electrons. The average Bonchev–Trinajstić information content (AvgIpc) is 2.49. The van der Waals surface area contributed by atoms with E-state index in [0.717, 1.165) is 20.7 Å². The van der Waals surface area contributed by atoms with Crippen molar-refractivity contribution in [1.29, 1.82) is 0 Å². The predicted molar refractivity (Wildman–Crippen MR) is 93.6 cm³/mol. The van der Waals surface area contributed by atoms with Gasteiger partial charge in [0.15, 0.2) is 0 Å². The highest BCUT2D eigenvalue weighted by atomic mass is 32.2. The molecule has 0 unspecified atom stereocenters. The number of amides is 2. The summed E-state index contributed by atoms with van der Waals surface area (Å²) in [6.07, 6.45) is 0.347. The quantitative estimate of drug-likeness (QED) is 0.242. The highest BCUT2D eigenvalue weighted by molar-refractivity contribution is 8.16. The third-order valence-corrected chi connectivity index (χ3v) is 3.85. The molecule has 0 bridgehead atoms. The van der Waals surface area contributed by atoms with Gasteiger partial charge < -0.3 is 0 Å². The number of carbonyl (C=O) groups excluding carboxylic acids is 2. The van der Waals surface area contributed by atoms with Crippen molar-refractivity contribution in [1.82, 2.24) is 8.61 Å².